The van der Waals surface area contributed by atoms with E-state index in [0.29, 0.717) is 4.90 Å². The zero-order valence-electron chi connectivity index (χ0n) is 16.0. The van der Waals surface area contributed by atoms with Gasteiger partial charge in [0.1, 0.15) is 17.0 Å². The van der Waals surface area contributed by atoms with E-state index in [1.165, 1.54) is 4.90 Å². The molecule has 1 aromatic rings. The van der Waals surface area contributed by atoms with Crippen LogP contribution in [0.4, 0.5) is 28.6 Å². The highest BCUT2D eigenvalue weighted by Gasteiger charge is 2.54. The van der Waals surface area contributed by atoms with Crippen LogP contribution in [0.5, 0.6) is 0 Å². The third-order valence-corrected chi connectivity index (χ3v) is 4.55. The zero-order valence-corrected chi connectivity index (χ0v) is 16.0. The topological polar surface area (TPSA) is 105 Å². The maximum Gasteiger partial charge on any atom is 0.451 e. The molecule has 0 unspecified atom stereocenters. The number of nitrogens with one attached hydrogen (secondary N) is 1. The molecule has 1 spiro atoms. The van der Waals surface area contributed by atoms with Crippen LogP contribution in [-0.2, 0) is 15.7 Å². The van der Waals surface area contributed by atoms with Crippen molar-refractivity contribution in [2.24, 2.45) is 0 Å². The van der Waals surface area contributed by atoms with Crippen LogP contribution in [0, 0.1) is 0 Å². The van der Waals surface area contributed by atoms with Crippen LogP contribution in [0.2, 0.25) is 0 Å². The van der Waals surface area contributed by atoms with E-state index in [1.807, 2.05) is 0 Å². The van der Waals surface area contributed by atoms with Crippen molar-refractivity contribution >= 4 is 23.8 Å². The van der Waals surface area contributed by atoms with Gasteiger partial charge in [-0.05, 0) is 33.6 Å². The second-order valence-electron chi connectivity index (χ2n) is 7.86. The van der Waals surface area contributed by atoms with Crippen molar-refractivity contribution in [1.82, 2.24) is 20.2 Å². The van der Waals surface area contributed by atoms with Crippen molar-refractivity contribution in [1.29, 1.82) is 0 Å². The molecule has 2 saturated heterocycles. The lowest BCUT2D eigenvalue weighted by Gasteiger charge is -2.37. The maximum atomic E-state index is 12.9. The number of halogens is 3. The quantitative estimate of drug-likeness (QED) is 0.706. The van der Waals surface area contributed by atoms with E-state index in [9.17, 15) is 27.6 Å². The Morgan fingerprint density at radius 1 is 1.21 bits per heavy atom. The molecule has 3 heterocycles. The summed E-state index contributed by atoms with van der Waals surface area (Å²) < 4.78 is 43.9. The second kappa shape index (κ2) is 6.85. The van der Waals surface area contributed by atoms with E-state index in [4.69, 9.17) is 4.74 Å². The smallest absolute Gasteiger partial charge is 0.444 e. The van der Waals surface area contributed by atoms with Gasteiger partial charge in [0.05, 0.1) is 0 Å². The number of nitrogens with zero attached hydrogens (tertiary/aromatic N) is 4. The van der Waals surface area contributed by atoms with Gasteiger partial charge < -0.3 is 15.0 Å². The molecule has 0 aliphatic carbocycles. The van der Waals surface area contributed by atoms with E-state index in [2.05, 4.69) is 15.3 Å². The number of amides is 4. The average molecular weight is 415 g/mol. The third kappa shape index (κ3) is 4.10. The summed E-state index contributed by atoms with van der Waals surface area (Å²) in [6.07, 6.45) is -4.31. The fraction of sp³-hybridized carbons (Fsp3) is 0.588. The lowest BCUT2D eigenvalue weighted by molar-refractivity contribution is -0.145. The Balaban J connectivity index is 1.76. The van der Waals surface area contributed by atoms with Gasteiger partial charge in [-0.2, -0.15) is 13.2 Å². The molecule has 29 heavy (non-hydrogen) atoms. The van der Waals surface area contributed by atoms with E-state index in [1.54, 1.807) is 20.8 Å². The minimum Gasteiger partial charge on any atom is -0.444 e. The van der Waals surface area contributed by atoms with E-state index >= 15 is 0 Å². The first-order chi connectivity index (χ1) is 13.3. The number of aromatic nitrogens is 2. The van der Waals surface area contributed by atoms with Gasteiger partial charge in [0.2, 0.25) is 5.82 Å². The van der Waals surface area contributed by atoms with Crippen molar-refractivity contribution in [2.45, 2.75) is 50.9 Å². The Morgan fingerprint density at radius 3 is 2.38 bits per heavy atom. The van der Waals surface area contributed by atoms with E-state index < -0.39 is 47.0 Å². The van der Waals surface area contributed by atoms with Gasteiger partial charge in [-0.3, -0.25) is 4.79 Å². The highest BCUT2D eigenvalue weighted by molar-refractivity contribution is 6.22. The van der Waals surface area contributed by atoms with Crippen LogP contribution in [0.1, 0.15) is 39.4 Å². The molecular weight excluding hydrogens is 395 g/mol. The van der Waals surface area contributed by atoms with Gasteiger partial charge >= 0.3 is 18.3 Å². The van der Waals surface area contributed by atoms with Gasteiger partial charge in [-0.25, -0.2) is 24.5 Å². The molecule has 2 aliphatic heterocycles. The fourth-order valence-corrected chi connectivity index (χ4v) is 3.18. The van der Waals surface area contributed by atoms with Crippen LogP contribution in [0.25, 0.3) is 0 Å². The summed E-state index contributed by atoms with van der Waals surface area (Å²) in [6, 6.07) is 0.189. The first-order valence-corrected chi connectivity index (χ1v) is 8.87. The summed E-state index contributed by atoms with van der Waals surface area (Å²) in [5, 5.41) is 2.55. The Kier molecular flexibility index (Phi) is 4.91. The standard InChI is InChI=1S/C17H20F3N5O4/c1-15(2,3)29-14(28)24-8-5-16(6-9-24)12(26)25(13(27)23-16)10-4-7-21-11(22-10)17(18,19)20/h4,7H,5-6,8-9H2,1-3H3,(H,23,27). The van der Waals surface area contributed by atoms with Crippen molar-refractivity contribution in [3.8, 4) is 0 Å². The molecule has 9 nitrogen and oxygen atoms in total. The predicted molar refractivity (Wildman–Crippen MR) is 92.8 cm³/mol. The highest BCUT2D eigenvalue weighted by Crippen LogP contribution is 2.33. The number of ether oxygens (including phenoxy) is 1. The zero-order chi connectivity index (χ0) is 21.6. The molecule has 4 amide bonds. The van der Waals surface area contributed by atoms with E-state index in [-0.39, 0.29) is 25.9 Å². The van der Waals surface area contributed by atoms with Gasteiger partial charge in [-0.1, -0.05) is 0 Å². The predicted octanol–water partition coefficient (Wildman–Crippen LogP) is 2.32. The normalized spacial score (nSPS) is 19.5. The average Bonchev–Trinajstić information content (AvgIpc) is 2.83. The summed E-state index contributed by atoms with van der Waals surface area (Å²) in [5.74, 6) is -2.62. The summed E-state index contributed by atoms with van der Waals surface area (Å²) in [4.78, 5) is 45.9. The fourth-order valence-electron chi connectivity index (χ4n) is 3.18. The van der Waals surface area contributed by atoms with Crippen LogP contribution in [0.3, 0.4) is 0 Å². The number of alkyl halides is 3. The summed E-state index contributed by atoms with van der Waals surface area (Å²) in [7, 11) is 0. The maximum absolute atomic E-state index is 12.9. The van der Waals surface area contributed by atoms with Crippen molar-refractivity contribution < 1.29 is 32.3 Å². The van der Waals surface area contributed by atoms with Crippen molar-refractivity contribution in [3.05, 3.63) is 18.1 Å². The largest absolute Gasteiger partial charge is 0.451 e. The third-order valence-electron chi connectivity index (χ3n) is 4.55. The molecule has 0 aromatic carbocycles. The van der Waals surface area contributed by atoms with Crippen LogP contribution < -0.4 is 10.2 Å². The Morgan fingerprint density at radius 2 is 1.83 bits per heavy atom. The number of carbonyl (C=O) groups excluding carboxylic acids is 3. The van der Waals surface area contributed by atoms with Crippen LogP contribution >= 0.6 is 0 Å². The SMILES string of the molecule is CC(C)(C)OC(=O)N1CCC2(CC1)NC(=O)N(c1ccnc(C(F)(F)F)n1)C2=O. The Bertz CT molecular complexity index is 844. The molecule has 0 bridgehead atoms. The lowest BCUT2D eigenvalue weighted by Crippen LogP contribution is -2.56. The molecule has 0 atom stereocenters. The van der Waals surface area contributed by atoms with Crippen LogP contribution in [-0.4, -0.2) is 57.1 Å². The molecular formula is C17H20F3N5O4. The van der Waals surface area contributed by atoms with Crippen molar-refractivity contribution in [2.75, 3.05) is 18.0 Å². The minimum atomic E-state index is -4.81. The molecule has 2 fully saturated rings. The van der Waals surface area contributed by atoms with Gasteiger partial charge in [-0.15, -0.1) is 0 Å². The van der Waals surface area contributed by atoms with Crippen molar-refractivity contribution in [3.63, 3.8) is 0 Å². The molecule has 0 radical (unpaired) electrons. The minimum absolute atomic E-state index is 0.102. The van der Waals surface area contributed by atoms with Crippen LogP contribution in [0.15, 0.2) is 12.3 Å². The van der Waals surface area contributed by atoms with Gasteiger partial charge in [0.25, 0.3) is 5.91 Å². The first-order valence-electron chi connectivity index (χ1n) is 8.87. The number of hydrogen-bond donors (Lipinski definition) is 1. The first kappa shape index (κ1) is 20.8. The number of hydrogen-bond acceptors (Lipinski definition) is 6. The molecule has 12 heteroatoms. The number of likely N-dealkylation sites (tertiary alicyclic amines) is 1. The molecule has 3 rings (SSSR count). The van der Waals surface area contributed by atoms with E-state index in [0.717, 1.165) is 12.3 Å². The number of rotatable bonds is 1. The molecule has 0 saturated carbocycles. The Hall–Kier alpha value is -2.92. The highest BCUT2D eigenvalue weighted by atomic mass is 19.4. The number of carbonyl (C=O) groups is 3. The van der Waals surface area contributed by atoms with Gasteiger partial charge in [0, 0.05) is 25.4 Å². The molecule has 1 aromatic heterocycles. The molecule has 2 aliphatic rings. The number of imide groups is 1. The number of piperidine rings is 1. The summed E-state index contributed by atoms with van der Waals surface area (Å²) in [6.45, 7) is 5.47. The number of urea groups is 1. The van der Waals surface area contributed by atoms with Gasteiger partial charge in [0.15, 0.2) is 0 Å². The lowest BCUT2D eigenvalue weighted by atomic mass is 9.87. The molecule has 158 valence electrons. The second-order valence-corrected chi connectivity index (χ2v) is 7.86. The monoisotopic (exact) mass is 415 g/mol. The number of anilines is 1. The summed E-state index contributed by atoms with van der Waals surface area (Å²) in [5.41, 5.74) is -1.98. The summed E-state index contributed by atoms with van der Waals surface area (Å²) >= 11 is 0. The Labute approximate surface area is 164 Å². The molecule has 1 N–H and O–H groups in total.